The van der Waals surface area contributed by atoms with Crippen LogP contribution in [0.5, 0.6) is 5.75 Å². The zero-order valence-corrected chi connectivity index (χ0v) is 16.7. The van der Waals surface area contributed by atoms with Crippen molar-refractivity contribution in [2.45, 2.75) is 84.8 Å². The van der Waals surface area contributed by atoms with Crippen LogP contribution in [0.25, 0.3) is 0 Å². The van der Waals surface area contributed by atoms with E-state index in [2.05, 4.69) is 13.8 Å². The fourth-order valence-corrected chi connectivity index (χ4v) is 3.68. The Hall–Kier alpha value is -1.06. The van der Waals surface area contributed by atoms with E-state index < -0.39 is 5.79 Å². The smallest absolute Gasteiger partial charge is 0.201 e. The van der Waals surface area contributed by atoms with Gasteiger partial charge in [0.1, 0.15) is 5.75 Å². The zero-order chi connectivity index (χ0) is 18.5. The van der Waals surface area contributed by atoms with E-state index in [4.69, 9.17) is 9.47 Å². The predicted molar refractivity (Wildman–Crippen MR) is 105 cm³/mol. The lowest BCUT2D eigenvalue weighted by Crippen LogP contribution is -2.41. The largest absolute Gasteiger partial charge is 0.507 e. The topological polar surface area (TPSA) is 38.7 Å². The van der Waals surface area contributed by atoms with Gasteiger partial charge in [-0.3, -0.25) is 0 Å². The maximum Gasteiger partial charge on any atom is 0.201 e. The van der Waals surface area contributed by atoms with Crippen LogP contribution in [0.15, 0.2) is 24.3 Å². The van der Waals surface area contributed by atoms with Crippen molar-refractivity contribution in [3.63, 3.8) is 0 Å². The van der Waals surface area contributed by atoms with E-state index in [0.29, 0.717) is 13.2 Å². The van der Waals surface area contributed by atoms with Crippen molar-refractivity contribution in [1.82, 2.24) is 0 Å². The van der Waals surface area contributed by atoms with Crippen LogP contribution in [0, 0.1) is 5.92 Å². The van der Waals surface area contributed by atoms with Crippen molar-refractivity contribution in [3.05, 3.63) is 29.8 Å². The highest BCUT2D eigenvalue weighted by atomic mass is 16.7. The maximum atomic E-state index is 10.5. The number of hydrogen-bond acceptors (Lipinski definition) is 3. The molecule has 0 aliphatic rings. The highest BCUT2D eigenvalue weighted by Crippen LogP contribution is 2.43. The summed E-state index contributed by atoms with van der Waals surface area (Å²) >= 11 is 0. The Labute approximate surface area is 154 Å². The number of rotatable bonds is 14. The van der Waals surface area contributed by atoms with Gasteiger partial charge < -0.3 is 14.6 Å². The van der Waals surface area contributed by atoms with Gasteiger partial charge in [-0.2, -0.15) is 0 Å². The number of benzene rings is 1. The van der Waals surface area contributed by atoms with E-state index in [0.717, 1.165) is 18.4 Å². The Morgan fingerprint density at radius 2 is 1.48 bits per heavy atom. The summed E-state index contributed by atoms with van der Waals surface area (Å²) in [5.74, 6) is -0.370. The van der Waals surface area contributed by atoms with Gasteiger partial charge in [0.2, 0.25) is 5.79 Å². The first-order valence-electron chi connectivity index (χ1n) is 10.2. The third-order valence-electron chi connectivity index (χ3n) is 4.93. The minimum absolute atomic E-state index is 0.229. The van der Waals surface area contributed by atoms with Gasteiger partial charge in [-0.05, 0) is 38.8 Å². The first-order valence-corrected chi connectivity index (χ1v) is 10.2. The molecule has 25 heavy (non-hydrogen) atoms. The van der Waals surface area contributed by atoms with Crippen LogP contribution in [-0.4, -0.2) is 18.3 Å². The first kappa shape index (κ1) is 22.0. The molecule has 0 aliphatic heterocycles. The molecule has 0 heterocycles. The average molecular weight is 351 g/mol. The van der Waals surface area contributed by atoms with Gasteiger partial charge in [0.05, 0.1) is 5.56 Å². The molecule has 0 amide bonds. The summed E-state index contributed by atoms with van der Waals surface area (Å²) in [5, 5.41) is 10.5. The molecule has 3 heteroatoms. The Morgan fingerprint density at radius 3 is 2.04 bits per heavy atom. The summed E-state index contributed by atoms with van der Waals surface area (Å²) in [7, 11) is 0. The van der Waals surface area contributed by atoms with Gasteiger partial charge in [0, 0.05) is 19.1 Å². The van der Waals surface area contributed by atoms with E-state index in [9.17, 15) is 5.11 Å². The molecule has 0 saturated heterocycles. The average Bonchev–Trinajstić information content (AvgIpc) is 2.61. The molecule has 1 unspecified atom stereocenters. The van der Waals surface area contributed by atoms with E-state index >= 15 is 0 Å². The van der Waals surface area contributed by atoms with Crippen LogP contribution in [0.2, 0.25) is 0 Å². The van der Waals surface area contributed by atoms with Gasteiger partial charge in [0.25, 0.3) is 0 Å². The first-order chi connectivity index (χ1) is 12.2. The molecule has 0 radical (unpaired) electrons. The molecule has 0 bridgehead atoms. The lowest BCUT2D eigenvalue weighted by atomic mass is 9.84. The fraction of sp³-hybridized carbons (Fsp3) is 0.727. The Balaban J connectivity index is 2.93. The van der Waals surface area contributed by atoms with Gasteiger partial charge in [-0.15, -0.1) is 0 Å². The van der Waals surface area contributed by atoms with Crippen LogP contribution in [0.4, 0.5) is 0 Å². The Kier molecular flexibility index (Phi) is 10.8. The number of ether oxygens (including phenoxy) is 2. The molecule has 144 valence electrons. The molecular formula is C22H38O3. The number of aromatic hydroxyl groups is 1. The second kappa shape index (κ2) is 12.3. The molecule has 0 aliphatic carbocycles. The van der Waals surface area contributed by atoms with Crippen LogP contribution in [-0.2, 0) is 15.3 Å². The van der Waals surface area contributed by atoms with Crippen LogP contribution in [0.1, 0.15) is 84.6 Å². The monoisotopic (exact) mass is 350 g/mol. The molecule has 0 spiro atoms. The highest BCUT2D eigenvalue weighted by molar-refractivity contribution is 5.36. The van der Waals surface area contributed by atoms with Crippen LogP contribution < -0.4 is 0 Å². The Bertz CT molecular complexity index is 452. The van der Waals surface area contributed by atoms with Gasteiger partial charge in [-0.25, -0.2) is 0 Å². The summed E-state index contributed by atoms with van der Waals surface area (Å²) in [6.07, 6.45) is 9.69. The summed E-state index contributed by atoms with van der Waals surface area (Å²) in [5.41, 5.74) is 0.761. The van der Waals surface area contributed by atoms with E-state index in [1.165, 1.54) is 38.5 Å². The number of unbranched alkanes of at least 4 members (excludes halogenated alkanes) is 5. The molecular weight excluding hydrogens is 312 g/mol. The van der Waals surface area contributed by atoms with Gasteiger partial charge >= 0.3 is 0 Å². The lowest BCUT2D eigenvalue weighted by molar-refractivity contribution is -0.276. The molecule has 1 aromatic rings. The van der Waals surface area contributed by atoms with Crippen molar-refractivity contribution in [2.75, 3.05) is 13.2 Å². The normalized spacial score (nSPS) is 13.1. The number of para-hydroxylation sites is 1. The van der Waals surface area contributed by atoms with Crippen LogP contribution >= 0.6 is 0 Å². The molecule has 0 aromatic heterocycles. The summed E-state index contributed by atoms with van der Waals surface area (Å²) in [6.45, 7) is 9.53. The summed E-state index contributed by atoms with van der Waals surface area (Å²) in [6, 6.07) is 7.44. The van der Waals surface area contributed by atoms with Crippen molar-refractivity contribution in [2.24, 2.45) is 5.92 Å². The molecule has 3 nitrogen and oxygen atoms in total. The zero-order valence-electron chi connectivity index (χ0n) is 16.7. The second-order valence-electron chi connectivity index (χ2n) is 6.71. The quantitative estimate of drug-likeness (QED) is 0.312. The van der Waals surface area contributed by atoms with Crippen molar-refractivity contribution in [3.8, 4) is 5.75 Å². The third kappa shape index (κ3) is 6.31. The number of phenols is 1. The van der Waals surface area contributed by atoms with Crippen molar-refractivity contribution < 1.29 is 14.6 Å². The van der Waals surface area contributed by atoms with Gasteiger partial charge in [-0.1, -0.05) is 64.5 Å². The second-order valence-corrected chi connectivity index (χ2v) is 6.71. The van der Waals surface area contributed by atoms with Crippen molar-refractivity contribution >= 4 is 0 Å². The SMILES string of the molecule is CCCCCCCCC(CC)C(OCC)(OCC)c1ccccc1O. The fourth-order valence-electron chi connectivity index (χ4n) is 3.68. The summed E-state index contributed by atoms with van der Waals surface area (Å²) < 4.78 is 12.4. The van der Waals surface area contributed by atoms with Crippen molar-refractivity contribution in [1.29, 1.82) is 0 Å². The lowest BCUT2D eigenvalue weighted by Gasteiger charge is -2.40. The molecule has 1 atom stereocenters. The van der Waals surface area contributed by atoms with E-state index in [1.807, 2.05) is 32.0 Å². The predicted octanol–water partition coefficient (Wildman–Crippen LogP) is 6.39. The maximum absolute atomic E-state index is 10.5. The van der Waals surface area contributed by atoms with Crippen LogP contribution in [0.3, 0.4) is 0 Å². The highest BCUT2D eigenvalue weighted by Gasteiger charge is 2.43. The minimum atomic E-state index is -0.854. The minimum Gasteiger partial charge on any atom is -0.507 e. The Morgan fingerprint density at radius 1 is 0.880 bits per heavy atom. The van der Waals surface area contributed by atoms with Gasteiger partial charge in [0.15, 0.2) is 0 Å². The molecule has 1 rings (SSSR count). The van der Waals surface area contributed by atoms with E-state index in [1.54, 1.807) is 6.07 Å². The number of hydrogen-bond donors (Lipinski definition) is 1. The standard InChI is InChI=1S/C22H38O3/c1-5-9-10-11-12-13-16-19(6-2)22(24-7-3,25-8-4)20-17-14-15-18-21(20)23/h14-15,17-19,23H,5-13,16H2,1-4H3. The molecule has 1 N–H and O–H groups in total. The molecule has 0 saturated carbocycles. The molecule has 0 fully saturated rings. The summed E-state index contributed by atoms with van der Waals surface area (Å²) in [4.78, 5) is 0. The van der Waals surface area contributed by atoms with E-state index in [-0.39, 0.29) is 11.7 Å². The third-order valence-corrected chi connectivity index (χ3v) is 4.93. The number of phenolic OH excluding ortho intramolecular Hbond substituents is 1. The molecule has 1 aromatic carbocycles.